The number of ether oxygens (including phenoxy) is 1. The molecule has 2 amide bonds. The molecule has 0 unspecified atom stereocenters. The van der Waals surface area contributed by atoms with Crippen molar-refractivity contribution in [1.82, 2.24) is 24.6 Å². The molecule has 0 atom stereocenters. The number of aryl methyl sites for hydroxylation is 1. The Morgan fingerprint density at radius 3 is 2.46 bits per heavy atom. The van der Waals surface area contributed by atoms with Crippen molar-refractivity contribution in [2.24, 2.45) is 7.05 Å². The Morgan fingerprint density at radius 2 is 1.74 bits per heavy atom. The van der Waals surface area contributed by atoms with Crippen LogP contribution in [-0.4, -0.2) is 61.4 Å². The first kappa shape index (κ1) is 26.1. The number of nitrogens with zero attached hydrogens (tertiary/aromatic N) is 5. The Bertz CT molecular complexity index is 1500. The number of rotatable bonds is 5. The third-order valence-corrected chi connectivity index (χ3v) is 6.52. The summed E-state index contributed by atoms with van der Waals surface area (Å²) in [5, 5.41) is 12.5. The molecule has 4 aromatic rings. The molecule has 39 heavy (non-hydrogen) atoms. The Balaban J connectivity index is 1.21. The van der Waals surface area contributed by atoms with E-state index >= 15 is 0 Å². The largest absolute Gasteiger partial charge is 0.444 e. The first-order chi connectivity index (χ1) is 18.6. The van der Waals surface area contributed by atoms with Gasteiger partial charge in [0.05, 0.1) is 6.20 Å². The average molecular weight is 528 g/mol. The summed E-state index contributed by atoms with van der Waals surface area (Å²) < 4.78 is 7.24. The van der Waals surface area contributed by atoms with Gasteiger partial charge in [-0.05, 0) is 68.8 Å². The normalized spacial score (nSPS) is 14.3. The van der Waals surface area contributed by atoms with Gasteiger partial charge in [-0.25, -0.2) is 14.8 Å². The van der Waals surface area contributed by atoms with Crippen molar-refractivity contribution in [3.05, 3.63) is 66.7 Å². The zero-order valence-electron chi connectivity index (χ0n) is 22.6. The van der Waals surface area contributed by atoms with Crippen molar-refractivity contribution < 1.29 is 14.3 Å². The lowest BCUT2D eigenvalue weighted by Gasteiger charge is -2.33. The molecule has 1 aliphatic rings. The van der Waals surface area contributed by atoms with Crippen molar-refractivity contribution in [1.29, 1.82) is 0 Å². The summed E-state index contributed by atoms with van der Waals surface area (Å²) in [6.45, 7) is 6.79. The quantitative estimate of drug-likeness (QED) is 0.371. The Kier molecular flexibility index (Phi) is 7.19. The SMILES string of the molecule is Cn1cc(-c2ccc3cnc(NC(=O)c4ccnc(NC5CCN(C(=O)OC(C)(C)C)CC5)c4)cc3c2)cn1. The van der Waals surface area contributed by atoms with Gasteiger partial charge < -0.3 is 20.3 Å². The molecule has 1 fully saturated rings. The second-order valence-electron chi connectivity index (χ2n) is 10.8. The van der Waals surface area contributed by atoms with Gasteiger partial charge in [-0.3, -0.25) is 9.48 Å². The monoisotopic (exact) mass is 527 g/mol. The van der Waals surface area contributed by atoms with Gasteiger partial charge >= 0.3 is 6.09 Å². The zero-order valence-corrected chi connectivity index (χ0v) is 22.6. The van der Waals surface area contributed by atoms with E-state index in [0.717, 1.165) is 34.7 Å². The summed E-state index contributed by atoms with van der Waals surface area (Å²) in [4.78, 5) is 35.9. The number of fused-ring (bicyclic) bond motifs is 1. The number of benzene rings is 1. The number of piperidine rings is 1. The number of carbonyl (C=O) groups excluding carboxylic acids is 2. The fraction of sp³-hybridized carbons (Fsp3) is 0.345. The third-order valence-electron chi connectivity index (χ3n) is 6.52. The van der Waals surface area contributed by atoms with Gasteiger partial charge in [0, 0.05) is 61.3 Å². The fourth-order valence-corrected chi connectivity index (χ4v) is 4.54. The van der Waals surface area contributed by atoms with E-state index in [1.54, 1.807) is 34.1 Å². The van der Waals surface area contributed by atoms with Gasteiger partial charge in [0.1, 0.15) is 17.2 Å². The van der Waals surface area contributed by atoms with Crippen molar-refractivity contribution in [3.8, 4) is 11.1 Å². The highest BCUT2D eigenvalue weighted by molar-refractivity contribution is 6.05. The summed E-state index contributed by atoms with van der Waals surface area (Å²) >= 11 is 0. The maximum atomic E-state index is 13.0. The molecular formula is C29H33N7O3. The number of carbonyl (C=O) groups is 2. The maximum absolute atomic E-state index is 13.0. The highest BCUT2D eigenvalue weighted by Crippen LogP contribution is 2.25. The van der Waals surface area contributed by atoms with Crippen LogP contribution in [0.15, 0.2) is 61.2 Å². The summed E-state index contributed by atoms with van der Waals surface area (Å²) in [5.74, 6) is 0.818. The molecule has 10 nitrogen and oxygen atoms in total. The lowest BCUT2D eigenvalue weighted by Crippen LogP contribution is -2.44. The minimum atomic E-state index is -0.512. The Hall–Kier alpha value is -4.47. The number of pyridine rings is 2. The molecule has 0 spiro atoms. The summed E-state index contributed by atoms with van der Waals surface area (Å²) in [5.41, 5.74) is 2.03. The van der Waals surface area contributed by atoms with Gasteiger partial charge in [0.25, 0.3) is 5.91 Å². The molecule has 1 aromatic carbocycles. The molecule has 2 N–H and O–H groups in total. The molecule has 10 heteroatoms. The topological polar surface area (TPSA) is 114 Å². The predicted molar refractivity (Wildman–Crippen MR) is 151 cm³/mol. The van der Waals surface area contributed by atoms with Gasteiger partial charge in [-0.15, -0.1) is 0 Å². The average Bonchev–Trinajstić information content (AvgIpc) is 3.34. The number of hydrogen-bond acceptors (Lipinski definition) is 7. The van der Waals surface area contributed by atoms with Crippen LogP contribution in [-0.2, 0) is 11.8 Å². The summed E-state index contributed by atoms with van der Waals surface area (Å²) in [6, 6.07) is 11.5. The zero-order chi connectivity index (χ0) is 27.6. The van der Waals surface area contributed by atoms with E-state index in [0.29, 0.717) is 30.3 Å². The molecule has 0 saturated carbocycles. The van der Waals surface area contributed by atoms with Crippen molar-refractivity contribution >= 4 is 34.4 Å². The molecule has 0 aliphatic carbocycles. The number of likely N-dealkylation sites (tertiary alicyclic amines) is 1. The van der Waals surface area contributed by atoms with Crippen molar-refractivity contribution in [2.45, 2.75) is 45.3 Å². The highest BCUT2D eigenvalue weighted by atomic mass is 16.6. The van der Waals surface area contributed by atoms with Crippen molar-refractivity contribution in [2.75, 3.05) is 23.7 Å². The molecule has 202 valence electrons. The number of nitrogens with one attached hydrogen (secondary N) is 2. The molecule has 1 saturated heterocycles. The van der Waals surface area contributed by atoms with Crippen LogP contribution in [0.2, 0.25) is 0 Å². The van der Waals surface area contributed by atoms with Crippen LogP contribution in [0.4, 0.5) is 16.4 Å². The fourth-order valence-electron chi connectivity index (χ4n) is 4.54. The highest BCUT2D eigenvalue weighted by Gasteiger charge is 2.27. The molecule has 4 heterocycles. The van der Waals surface area contributed by atoms with Gasteiger partial charge in [-0.1, -0.05) is 12.1 Å². The molecule has 5 rings (SSSR count). The number of hydrogen-bond donors (Lipinski definition) is 2. The van der Waals surface area contributed by atoms with E-state index in [9.17, 15) is 9.59 Å². The van der Waals surface area contributed by atoms with Gasteiger partial charge in [0.15, 0.2) is 0 Å². The van der Waals surface area contributed by atoms with E-state index in [4.69, 9.17) is 4.74 Å². The maximum Gasteiger partial charge on any atom is 0.410 e. The number of anilines is 2. The van der Waals surface area contributed by atoms with E-state index in [-0.39, 0.29) is 18.0 Å². The Labute approximate surface area is 227 Å². The van der Waals surface area contributed by atoms with E-state index in [2.05, 4.69) is 31.8 Å². The molecule has 0 radical (unpaired) electrons. The van der Waals surface area contributed by atoms with E-state index in [1.807, 2.05) is 58.4 Å². The van der Waals surface area contributed by atoms with Crippen LogP contribution in [0, 0.1) is 0 Å². The summed E-state index contributed by atoms with van der Waals surface area (Å²) in [6.07, 6.45) is 8.39. The summed E-state index contributed by atoms with van der Waals surface area (Å²) in [7, 11) is 1.89. The van der Waals surface area contributed by atoms with Crippen LogP contribution in [0.5, 0.6) is 0 Å². The Morgan fingerprint density at radius 1 is 0.949 bits per heavy atom. The second-order valence-corrected chi connectivity index (χ2v) is 10.8. The van der Waals surface area contributed by atoms with E-state index < -0.39 is 5.60 Å². The molecular weight excluding hydrogens is 494 g/mol. The van der Waals surface area contributed by atoms with Crippen LogP contribution in [0.1, 0.15) is 44.0 Å². The lowest BCUT2D eigenvalue weighted by molar-refractivity contribution is 0.0210. The van der Waals surface area contributed by atoms with Crippen molar-refractivity contribution in [3.63, 3.8) is 0 Å². The predicted octanol–water partition coefficient (Wildman–Crippen LogP) is 5.09. The minimum absolute atomic E-state index is 0.144. The standard InChI is InChI=1S/C29H33N7O3/c1-29(2,3)39-28(38)36-11-8-24(9-12-36)33-25-14-20(7-10-30-25)27(37)34-26-15-22-13-19(5-6-21(22)16-31-26)23-17-32-35(4)18-23/h5-7,10,13-18,24H,8-9,11-12H2,1-4H3,(H,30,33)(H,31,34,37). The molecule has 1 aliphatic heterocycles. The van der Waals surface area contributed by atoms with Crippen LogP contribution >= 0.6 is 0 Å². The van der Waals surface area contributed by atoms with Gasteiger partial charge in [-0.2, -0.15) is 5.10 Å². The van der Waals surface area contributed by atoms with Crippen LogP contribution in [0.25, 0.3) is 21.9 Å². The van der Waals surface area contributed by atoms with E-state index in [1.165, 1.54) is 0 Å². The lowest BCUT2D eigenvalue weighted by atomic mass is 10.0. The first-order valence-corrected chi connectivity index (χ1v) is 13.0. The number of aromatic nitrogens is 4. The van der Waals surface area contributed by atoms with Crippen LogP contribution in [0.3, 0.4) is 0 Å². The molecule has 0 bridgehead atoms. The smallest absolute Gasteiger partial charge is 0.410 e. The first-order valence-electron chi connectivity index (χ1n) is 13.0. The van der Waals surface area contributed by atoms with Gasteiger partial charge in [0.2, 0.25) is 0 Å². The minimum Gasteiger partial charge on any atom is -0.444 e. The molecule has 3 aromatic heterocycles. The third kappa shape index (κ3) is 6.51. The number of amides is 2. The second kappa shape index (κ2) is 10.7. The van der Waals surface area contributed by atoms with Crippen LogP contribution < -0.4 is 10.6 Å².